The van der Waals surface area contributed by atoms with Crippen molar-refractivity contribution in [2.24, 2.45) is 21.7 Å². The van der Waals surface area contributed by atoms with E-state index in [2.05, 4.69) is 73.2 Å². The van der Waals surface area contributed by atoms with E-state index >= 15 is 0 Å². The molecule has 150 heavy (non-hydrogen) atoms. The molecule has 0 amide bonds. The van der Waals surface area contributed by atoms with Crippen molar-refractivity contribution in [2.45, 2.75) is 460 Å². The Morgan fingerprint density at radius 2 is 0.727 bits per heavy atom. The molecule has 808 valence electrons. The van der Waals surface area contributed by atoms with Gasteiger partial charge >= 0.3 is 23.1 Å². The number of nitrogens with zero attached hydrogens (tertiary/aromatic N) is 5. The van der Waals surface area contributed by atoms with E-state index in [0.717, 1.165) is 271 Å². The van der Waals surface area contributed by atoms with Crippen LogP contribution in [0.2, 0.25) is 0 Å². The number of aliphatic hydroxyl groups excluding tert-OH is 2. The molecule has 0 aliphatic heterocycles. The Labute approximate surface area is 913 Å². The van der Waals surface area contributed by atoms with Gasteiger partial charge in [-0.1, -0.05) is 193 Å². The van der Waals surface area contributed by atoms with E-state index in [1.165, 1.54) is 31.2 Å². The fraction of sp³-hybridized carbons (Fsp3) is 0.619. The van der Waals surface area contributed by atoms with E-state index in [-0.39, 0.29) is 178 Å². The fourth-order valence-corrected chi connectivity index (χ4v) is 27.1. The maximum Gasteiger partial charge on any atom is 2.00 e. The number of hydrogen-bond donors (Lipinski definition) is 2. The summed E-state index contributed by atoms with van der Waals surface area (Å²) in [5.41, 5.74) is 22.2. The van der Waals surface area contributed by atoms with Crippen molar-refractivity contribution in [3.63, 3.8) is 0 Å². The summed E-state index contributed by atoms with van der Waals surface area (Å²) in [6.45, 7) is 30.4. The van der Waals surface area contributed by atoms with Gasteiger partial charge in [-0.15, -0.1) is 0 Å². The van der Waals surface area contributed by atoms with Crippen LogP contribution in [0.1, 0.15) is 533 Å². The normalized spacial score (nSPS) is 23.2. The van der Waals surface area contributed by atoms with E-state index in [0.29, 0.717) is 106 Å². The number of methoxy groups -OCH3 is 2. The summed E-state index contributed by atoms with van der Waals surface area (Å²) in [6.07, 6.45) is 29.7. The average molecular weight is 2140 g/mol. The largest absolute Gasteiger partial charge is 2.00 e. The van der Waals surface area contributed by atoms with Crippen LogP contribution < -0.4 is 26.5 Å². The number of Topliss-reactive ketones (excluding diaryl/α,β-unsaturated/α-hetero) is 1. The number of rotatable bonds is 20. The molecule has 12 aliphatic carbocycles. The number of halogens is 9. The number of aliphatic hydroxyl groups is 2. The Morgan fingerprint density at radius 3 is 1.10 bits per heavy atom. The molecule has 2 N–H and O–H groups in total. The third kappa shape index (κ3) is 28.9. The second-order valence-corrected chi connectivity index (χ2v) is 49.1. The van der Waals surface area contributed by atoms with Crippen LogP contribution in [0.15, 0.2) is 97.1 Å². The van der Waals surface area contributed by atoms with Crippen molar-refractivity contribution in [1.82, 2.24) is 19.9 Å². The molecule has 0 saturated heterocycles. The van der Waals surface area contributed by atoms with Crippen molar-refractivity contribution < 1.29 is 95.6 Å². The predicted octanol–water partition coefficient (Wildman–Crippen LogP) is 30.3. The van der Waals surface area contributed by atoms with Crippen LogP contribution in [0.3, 0.4) is 0 Å². The Kier molecular flexibility index (Phi) is 39.6. The van der Waals surface area contributed by atoms with E-state index < -0.39 is 35.9 Å². The Bertz CT molecular complexity index is 5910. The van der Waals surface area contributed by atoms with Gasteiger partial charge in [-0.2, -0.15) is 35.9 Å². The molecule has 14 nitrogen and oxygen atoms in total. The number of alkyl halides is 8. The Morgan fingerprint density at radius 1 is 0.400 bits per heavy atom. The van der Waals surface area contributed by atoms with Gasteiger partial charge in [0, 0.05) is 137 Å². The van der Waals surface area contributed by atoms with Crippen LogP contribution in [-0.2, 0) is 48.4 Å². The molecule has 8 aromatic rings. The smallest absolute Gasteiger partial charge is 1.00 e. The molecule has 4 atom stereocenters. The quantitative estimate of drug-likeness (QED) is 0.0318. The molecule has 8 saturated carbocycles. The molecule has 4 aromatic carbocycles. The van der Waals surface area contributed by atoms with E-state index in [1.54, 1.807) is 14.2 Å². The third-order valence-electron chi connectivity index (χ3n) is 34.9. The van der Waals surface area contributed by atoms with Gasteiger partial charge in [0.15, 0.2) is 18.4 Å². The predicted molar refractivity (Wildman–Crippen MR) is 572 cm³/mol. The molecule has 0 spiro atoms. The zero-order valence-corrected chi connectivity index (χ0v) is 93.9. The molecular weight excluding hydrogens is 1980 g/mol. The van der Waals surface area contributed by atoms with Gasteiger partial charge in [0.05, 0.1) is 75.1 Å². The molecular formula is C126H160BrF8MgN5O9. The van der Waals surface area contributed by atoms with Crippen LogP contribution in [0.25, 0.3) is 4.85 Å². The summed E-state index contributed by atoms with van der Waals surface area (Å²) < 4.78 is 137. The van der Waals surface area contributed by atoms with Gasteiger partial charge in [0.25, 0.3) is 0 Å². The fourth-order valence-electron chi connectivity index (χ4n) is 27.1. The van der Waals surface area contributed by atoms with Gasteiger partial charge in [-0.05, 0) is 269 Å². The molecule has 4 heterocycles. The summed E-state index contributed by atoms with van der Waals surface area (Å²) in [5, 5.41) is 23.3. The van der Waals surface area contributed by atoms with Crippen molar-refractivity contribution in [3.05, 3.63) is 249 Å². The second-order valence-electron chi connectivity index (χ2n) is 49.1. The van der Waals surface area contributed by atoms with Gasteiger partial charge in [0.1, 0.15) is 17.6 Å². The van der Waals surface area contributed by atoms with E-state index in [1.807, 2.05) is 104 Å². The third-order valence-corrected chi connectivity index (χ3v) is 34.9. The molecule has 8 fully saturated rings. The van der Waals surface area contributed by atoms with Gasteiger partial charge in [-0.25, -0.2) is 40.0 Å². The Hall–Kier alpha value is -7.89. The number of hydrogen-bond acceptors (Lipinski definition) is 13. The first-order valence-electron chi connectivity index (χ1n) is 56.0. The van der Waals surface area contributed by atoms with Crippen molar-refractivity contribution in [2.75, 3.05) is 14.2 Å². The molecule has 4 aromatic heterocycles. The SMILES string of the molecule is CC1(C)Cc2nc(C3CCCCC3)c(C=O)c(C3CCC(F)(F)CC3)c2C(O)C1.COc1ccc(COC2CC(C)(C)Cc3nc(C4CCCCC4)c(C(O)c4ccc(C)cc4)c(C4CCC(F)(F)CC4)c32)cc1.COc1ccc(COC2CC(C)(C)Cc3nc(C4CCCCC4)c(C=O)c(C4CCC(F)(F)CC4)c32)cc1.Cc1cc[c-]cc1.[Br-].[C-]#[N+]c1c(C2CCCCC2)nc2c(c1C1CCC(F)(F)CC1)C(=O)CC(C)(C)C2.[Mg+2]. The minimum atomic E-state index is -2.64. The summed E-state index contributed by atoms with van der Waals surface area (Å²) >= 11 is 0. The molecule has 20 rings (SSSR count). The van der Waals surface area contributed by atoms with Crippen molar-refractivity contribution >= 4 is 47.1 Å². The molecule has 0 radical (unpaired) electrons. The number of carbonyl (C=O) groups is 3. The number of aldehydes is 2. The molecule has 0 bridgehead atoms. The zero-order valence-electron chi connectivity index (χ0n) is 90.9. The molecule has 24 heteroatoms. The summed E-state index contributed by atoms with van der Waals surface area (Å²) in [6, 6.07) is 34.7. The number of benzene rings is 4. The first-order chi connectivity index (χ1) is 70.5. The second kappa shape index (κ2) is 50.5. The number of fused-ring (bicyclic) bond motifs is 4. The Balaban J connectivity index is 0.000000155. The standard InChI is InChI=1S/C39H49F2NO3.C32H41F2NO3.C24H30F2N2O.C24H33F2NO2.C7H7.BrH.Mg/c1-25-10-14-29(15-11-25)37(43)35-33(27-18-20-39(40,41)21-19-27)34-31(42-36(35)28-8-6-5-7-9-28)22-38(2,3)23-32(34)45-24-26-12-16-30(44-4)17-13-26;1-31(2)17-26-29(27(18-31)38-20-21-9-11-24(37-3)12-10-21)28(22-13-15-32(33,34)16-14-22)25(19-36)30(35-26)23-7-5-4-6-8-23;1-23(2)13-17-20(18(29)14-23)19(15-9-11-24(25,26)12-10-15)22(27-3)21(28-17)16-7-5-4-6-8-16;1-23(2)12-18-21(19(29)13-23)20(15-8-10-24(25,26)11-9-15)17(14-28)22(27-18)16-6-4-3-5-7-16;1-7-5-3-2-4-6-7;;/h10-17,27-28,32,37,43H,5-9,18-24H2,1-4H3;9-12,19,22-23,27H,4-8,13-18,20H2,1-3H3;15-16H,4-14H2,1-2H3;14-16,19,29H,3-13H2,1-2H3;3-6H,1H3;1H;/q;;;;-1;;+2/p-1. The maximum absolute atomic E-state index is 14.6. The van der Waals surface area contributed by atoms with Crippen LogP contribution in [0.4, 0.5) is 40.8 Å². The average Bonchev–Trinajstić information content (AvgIpc) is 0.723. The van der Waals surface area contributed by atoms with Gasteiger partial charge < -0.3 is 46.1 Å². The van der Waals surface area contributed by atoms with Crippen LogP contribution in [-0.4, -0.2) is 109 Å². The number of ketones is 1. The number of carbonyl (C=O) groups excluding carboxylic acids is 3. The first-order valence-corrected chi connectivity index (χ1v) is 56.0. The van der Waals surface area contributed by atoms with E-state index in [9.17, 15) is 59.7 Å². The number of aromatic nitrogens is 4. The van der Waals surface area contributed by atoms with Crippen molar-refractivity contribution in [3.8, 4) is 11.5 Å². The first kappa shape index (κ1) is 118. The van der Waals surface area contributed by atoms with Crippen LogP contribution in [0, 0.1) is 48.1 Å². The van der Waals surface area contributed by atoms with Crippen molar-refractivity contribution in [1.29, 1.82) is 0 Å². The monoisotopic (exact) mass is 2140 g/mol. The van der Waals surface area contributed by atoms with E-state index in [4.69, 9.17) is 45.5 Å². The maximum atomic E-state index is 14.6. The minimum Gasteiger partial charge on any atom is -1.00 e. The summed E-state index contributed by atoms with van der Waals surface area (Å²) in [5.74, 6) is -8.20. The summed E-state index contributed by atoms with van der Waals surface area (Å²) in [4.78, 5) is 62.8. The molecule has 4 unspecified atom stereocenters. The number of aryl methyl sites for hydroxylation is 2. The van der Waals surface area contributed by atoms with Gasteiger partial charge in [-0.3, -0.25) is 34.3 Å². The van der Waals surface area contributed by atoms with Gasteiger partial charge in [0.2, 0.25) is 29.4 Å². The molecule has 12 aliphatic rings. The minimum absolute atomic E-state index is 0. The number of ether oxygens (including phenoxy) is 4. The van der Waals surface area contributed by atoms with Crippen LogP contribution in [0.5, 0.6) is 11.5 Å². The topological polar surface area (TPSA) is 185 Å². The summed E-state index contributed by atoms with van der Waals surface area (Å²) in [7, 11) is 3.31. The number of pyridine rings is 4. The zero-order chi connectivity index (χ0) is 105. The van der Waals surface area contributed by atoms with Crippen LogP contribution >= 0.6 is 0 Å².